The van der Waals surface area contributed by atoms with Gasteiger partial charge in [0, 0.05) is 35.7 Å². The second-order valence-electron chi connectivity index (χ2n) is 6.04. The predicted molar refractivity (Wildman–Crippen MR) is 89.5 cm³/mol. The van der Waals surface area contributed by atoms with Gasteiger partial charge < -0.3 is 9.47 Å². The van der Waals surface area contributed by atoms with Gasteiger partial charge in [-0.3, -0.25) is 4.79 Å². The molecule has 0 saturated carbocycles. The molecule has 0 aliphatic carbocycles. The van der Waals surface area contributed by atoms with Crippen LogP contribution in [0.1, 0.15) is 34.6 Å². The molecule has 0 atom stereocenters. The number of nitrogens with zero attached hydrogens (tertiary/aromatic N) is 2. The van der Waals surface area contributed by atoms with Gasteiger partial charge in [0.2, 0.25) is 0 Å². The van der Waals surface area contributed by atoms with E-state index < -0.39 is 0 Å². The lowest BCUT2D eigenvalue weighted by Crippen LogP contribution is -2.36. The highest BCUT2D eigenvalue weighted by Crippen LogP contribution is 2.19. The summed E-state index contributed by atoms with van der Waals surface area (Å²) >= 11 is 0. The van der Waals surface area contributed by atoms with Gasteiger partial charge in [-0.05, 0) is 63.1 Å². The van der Waals surface area contributed by atoms with Crippen LogP contribution in [0.3, 0.4) is 0 Å². The van der Waals surface area contributed by atoms with Gasteiger partial charge in [0.1, 0.15) is 0 Å². The Morgan fingerprint density at radius 2 is 1.50 bits per heavy atom. The molecule has 1 fully saturated rings. The van der Waals surface area contributed by atoms with Gasteiger partial charge in [0.15, 0.2) is 0 Å². The number of hydrogen-bond acceptors (Lipinski definition) is 1. The maximum atomic E-state index is 12.5. The Hall–Kier alpha value is -2.29. The molecule has 0 spiro atoms. The number of rotatable bonds is 2. The van der Waals surface area contributed by atoms with Gasteiger partial charge in [-0.25, -0.2) is 0 Å². The summed E-state index contributed by atoms with van der Waals surface area (Å²) in [5, 5.41) is 0. The van der Waals surface area contributed by atoms with Crippen molar-refractivity contribution in [2.24, 2.45) is 0 Å². The summed E-state index contributed by atoms with van der Waals surface area (Å²) in [6.07, 6.45) is 1.84. The van der Waals surface area contributed by atoms with Gasteiger partial charge in [0.25, 0.3) is 5.91 Å². The van der Waals surface area contributed by atoms with Crippen molar-refractivity contribution >= 4 is 5.91 Å². The molecule has 22 heavy (non-hydrogen) atoms. The van der Waals surface area contributed by atoms with Crippen LogP contribution in [0.2, 0.25) is 0 Å². The Labute approximate surface area is 131 Å². The molecule has 0 radical (unpaired) electrons. The van der Waals surface area contributed by atoms with Crippen LogP contribution in [0.5, 0.6) is 0 Å². The number of carbonyl (C=O) groups is 1. The zero-order valence-electron chi connectivity index (χ0n) is 13.3. The first-order valence-electron chi connectivity index (χ1n) is 7.77. The Bertz CT molecular complexity index is 680. The predicted octanol–water partition coefficient (Wildman–Crippen LogP) is 3.89. The number of carbonyl (C=O) groups excluding carboxylic acids is 1. The van der Waals surface area contributed by atoms with E-state index in [2.05, 4.69) is 37.1 Å². The number of aryl methyl sites for hydroxylation is 2. The first-order chi connectivity index (χ1) is 10.6. The molecule has 1 amide bonds. The molecule has 114 valence electrons. The Kier molecular flexibility index (Phi) is 3.88. The largest absolute Gasteiger partial charge is 0.338 e. The van der Waals surface area contributed by atoms with Crippen LogP contribution in [0.4, 0.5) is 0 Å². The molecular weight excluding hydrogens is 272 g/mol. The quantitative estimate of drug-likeness (QED) is 0.771. The molecule has 1 aromatic carbocycles. The molecule has 1 saturated heterocycles. The average Bonchev–Trinajstić information content (AvgIpc) is 2.86. The van der Waals surface area contributed by atoms with Crippen LogP contribution in [-0.4, -0.2) is 28.5 Å². The van der Waals surface area contributed by atoms with Crippen LogP contribution in [0.25, 0.3) is 5.69 Å². The van der Waals surface area contributed by atoms with Crippen molar-refractivity contribution < 1.29 is 4.79 Å². The van der Waals surface area contributed by atoms with Crippen molar-refractivity contribution in [1.82, 2.24) is 9.47 Å². The van der Waals surface area contributed by atoms with Gasteiger partial charge in [-0.2, -0.15) is 0 Å². The fourth-order valence-electron chi connectivity index (χ4n) is 3.04. The summed E-state index contributed by atoms with van der Waals surface area (Å²) < 4.78 is 2.19. The second-order valence-corrected chi connectivity index (χ2v) is 6.04. The summed E-state index contributed by atoms with van der Waals surface area (Å²) in [7, 11) is 0. The SMILES string of the molecule is C=C1CCN(C(=O)c2ccc(-n3c(C)ccc3C)cc2)CC1. The summed E-state index contributed by atoms with van der Waals surface area (Å²) in [4.78, 5) is 14.5. The van der Waals surface area contributed by atoms with Crippen LogP contribution < -0.4 is 0 Å². The van der Waals surface area contributed by atoms with E-state index >= 15 is 0 Å². The summed E-state index contributed by atoms with van der Waals surface area (Å²) in [5.41, 5.74) is 5.51. The molecule has 2 aromatic rings. The lowest BCUT2D eigenvalue weighted by atomic mass is 10.0. The molecular formula is C19H22N2O. The van der Waals surface area contributed by atoms with Gasteiger partial charge in [-0.1, -0.05) is 12.2 Å². The van der Waals surface area contributed by atoms with Crippen LogP contribution >= 0.6 is 0 Å². The highest BCUT2D eigenvalue weighted by molar-refractivity contribution is 5.94. The third-order valence-electron chi connectivity index (χ3n) is 4.40. The van der Waals surface area contributed by atoms with Crippen LogP contribution in [0, 0.1) is 13.8 Å². The van der Waals surface area contributed by atoms with E-state index in [-0.39, 0.29) is 5.91 Å². The average molecular weight is 294 g/mol. The third-order valence-corrected chi connectivity index (χ3v) is 4.40. The van der Waals surface area contributed by atoms with Gasteiger partial charge in [0.05, 0.1) is 0 Å². The Balaban J connectivity index is 1.80. The topological polar surface area (TPSA) is 25.2 Å². The van der Waals surface area contributed by atoms with Gasteiger partial charge >= 0.3 is 0 Å². The number of benzene rings is 1. The fourth-order valence-corrected chi connectivity index (χ4v) is 3.04. The number of hydrogen-bond donors (Lipinski definition) is 0. The first kappa shape index (κ1) is 14.6. The van der Waals surface area contributed by atoms with E-state index in [1.807, 2.05) is 29.2 Å². The Morgan fingerprint density at radius 1 is 0.955 bits per heavy atom. The smallest absolute Gasteiger partial charge is 0.253 e. The first-order valence-corrected chi connectivity index (χ1v) is 7.77. The second kappa shape index (κ2) is 5.84. The minimum atomic E-state index is 0.125. The van der Waals surface area contributed by atoms with E-state index in [1.165, 1.54) is 17.0 Å². The van der Waals surface area contributed by atoms with Crippen LogP contribution in [0.15, 0.2) is 48.6 Å². The molecule has 3 nitrogen and oxygen atoms in total. The molecule has 0 unspecified atom stereocenters. The molecule has 1 aromatic heterocycles. The Morgan fingerprint density at radius 3 is 2.05 bits per heavy atom. The van der Waals surface area contributed by atoms with E-state index in [1.54, 1.807) is 0 Å². The lowest BCUT2D eigenvalue weighted by Gasteiger charge is -2.28. The van der Waals surface area contributed by atoms with E-state index in [9.17, 15) is 4.79 Å². The van der Waals surface area contributed by atoms with E-state index in [4.69, 9.17) is 0 Å². The molecule has 0 N–H and O–H groups in total. The zero-order valence-corrected chi connectivity index (χ0v) is 13.3. The number of aromatic nitrogens is 1. The summed E-state index contributed by atoms with van der Waals surface area (Å²) in [5.74, 6) is 0.125. The molecule has 0 bridgehead atoms. The van der Waals surface area contributed by atoms with Crippen molar-refractivity contribution in [1.29, 1.82) is 0 Å². The fraction of sp³-hybridized carbons (Fsp3) is 0.316. The van der Waals surface area contributed by atoms with E-state index in [0.29, 0.717) is 0 Å². The summed E-state index contributed by atoms with van der Waals surface area (Å²) in [6, 6.07) is 12.1. The molecule has 3 heteroatoms. The lowest BCUT2D eigenvalue weighted by molar-refractivity contribution is 0.0744. The van der Waals surface area contributed by atoms with Crippen LogP contribution in [-0.2, 0) is 0 Å². The maximum Gasteiger partial charge on any atom is 0.253 e. The van der Waals surface area contributed by atoms with Crippen molar-refractivity contribution in [2.45, 2.75) is 26.7 Å². The zero-order chi connectivity index (χ0) is 15.7. The number of amides is 1. The summed E-state index contributed by atoms with van der Waals surface area (Å²) in [6.45, 7) is 9.75. The normalized spacial score (nSPS) is 15.2. The monoisotopic (exact) mass is 294 g/mol. The van der Waals surface area contributed by atoms with Crippen molar-refractivity contribution in [3.05, 3.63) is 65.5 Å². The van der Waals surface area contributed by atoms with E-state index in [0.717, 1.165) is 37.2 Å². The highest BCUT2D eigenvalue weighted by atomic mass is 16.2. The van der Waals surface area contributed by atoms with Gasteiger partial charge in [-0.15, -0.1) is 0 Å². The minimum Gasteiger partial charge on any atom is -0.338 e. The molecule has 1 aliphatic heterocycles. The standard InChI is InChI=1S/C19H22N2O/c1-14-10-12-20(13-11-14)19(22)17-6-8-18(9-7-17)21-15(2)4-5-16(21)3/h4-9H,1,10-13H2,2-3H3. The number of piperidine rings is 1. The number of likely N-dealkylation sites (tertiary alicyclic amines) is 1. The van der Waals surface area contributed by atoms with Crippen molar-refractivity contribution in [3.8, 4) is 5.69 Å². The molecule has 2 heterocycles. The van der Waals surface area contributed by atoms with Crippen molar-refractivity contribution in [2.75, 3.05) is 13.1 Å². The highest BCUT2D eigenvalue weighted by Gasteiger charge is 2.19. The van der Waals surface area contributed by atoms with Crippen molar-refractivity contribution in [3.63, 3.8) is 0 Å². The maximum absolute atomic E-state index is 12.5. The minimum absolute atomic E-state index is 0.125. The molecule has 1 aliphatic rings. The third kappa shape index (κ3) is 2.71. The molecule has 3 rings (SSSR count).